The van der Waals surface area contributed by atoms with Crippen molar-refractivity contribution in [3.05, 3.63) is 59.2 Å². The van der Waals surface area contributed by atoms with E-state index in [0.717, 1.165) is 11.4 Å². The fraction of sp³-hybridized carbons (Fsp3) is 0.267. The Bertz CT molecular complexity index is 558. The van der Waals surface area contributed by atoms with E-state index in [9.17, 15) is 4.39 Å². The van der Waals surface area contributed by atoms with Gasteiger partial charge in [-0.15, -0.1) is 0 Å². The molecular formula is C15H17FN2O. The lowest BCUT2D eigenvalue weighted by Gasteiger charge is -2.11. The van der Waals surface area contributed by atoms with Crippen LogP contribution in [0.1, 0.15) is 17.0 Å². The van der Waals surface area contributed by atoms with Gasteiger partial charge in [-0.2, -0.15) is 0 Å². The predicted molar refractivity (Wildman–Crippen MR) is 72.5 cm³/mol. The van der Waals surface area contributed by atoms with E-state index in [1.165, 1.54) is 6.07 Å². The van der Waals surface area contributed by atoms with Crippen molar-refractivity contribution in [2.75, 3.05) is 6.54 Å². The van der Waals surface area contributed by atoms with Crippen molar-refractivity contribution in [1.29, 1.82) is 0 Å². The maximum atomic E-state index is 13.5. The van der Waals surface area contributed by atoms with Gasteiger partial charge in [0, 0.05) is 17.7 Å². The molecule has 2 N–H and O–H groups in total. The highest BCUT2D eigenvalue weighted by molar-refractivity contribution is 5.30. The molecule has 4 heteroatoms. The standard InChI is InChI=1S/C15H17FN2O/c1-11-6-7-15(14(18-11)8-9-17)19-10-12-4-2-3-5-13(12)16/h2-7H,8-10,17H2,1H3. The van der Waals surface area contributed by atoms with Crippen LogP contribution in [0.2, 0.25) is 0 Å². The molecule has 0 amide bonds. The minimum Gasteiger partial charge on any atom is -0.487 e. The van der Waals surface area contributed by atoms with E-state index >= 15 is 0 Å². The average molecular weight is 260 g/mol. The van der Waals surface area contributed by atoms with Gasteiger partial charge in [0.15, 0.2) is 0 Å². The fourth-order valence-corrected chi connectivity index (χ4v) is 1.82. The van der Waals surface area contributed by atoms with Crippen molar-refractivity contribution in [3.63, 3.8) is 0 Å². The van der Waals surface area contributed by atoms with Crippen LogP contribution in [0.4, 0.5) is 4.39 Å². The van der Waals surface area contributed by atoms with Crippen LogP contribution in [0.5, 0.6) is 5.75 Å². The summed E-state index contributed by atoms with van der Waals surface area (Å²) in [5.41, 5.74) is 7.82. The number of hydrogen-bond donors (Lipinski definition) is 1. The van der Waals surface area contributed by atoms with Crippen molar-refractivity contribution < 1.29 is 9.13 Å². The highest BCUT2D eigenvalue weighted by Crippen LogP contribution is 2.19. The van der Waals surface area contributed by atoms with Gasteiger partial charge in [0.05, 0.1) is 5.69 Å². The van der Waals surface area contributed by atoms with Crippen LogP contribution >= 0.6 is 0 Å². The van der Waals surface area contributed by atoms with Crippen molar-refractivity contribution >= 4 is 0 Å². The average Bonchev–Trinajstić information content (AvgIpc) is 2.40. The van der Waals surface area contributed by atoms with Gasteiger partial charge < -0.3 is 10.5 Å². The van der Waals surface area contributed by atoms with E-state index in [1.807, 2.05) is 19.1 Å². The Hall–Kier alpha value is -1.94. The molecule has 0 saturated heterocycles. The molecule has 0 aliphatic heterocycles. The summed E-state index contributed by atoms with van der Waals surface area (Å²) < 4.78 is 19.1. The molecule has 0 bridgehead atoms. The number of nitrogens with two attached hydrogens (primary N) is 1. The molecule has 2 aromatic rings. The van der Waals surface area contributed by atoms with E-state index in [2.05, 4.69) is 4.98 Å². The first-order chi connectivity index (χ1) is 9.20. The first kappa shape index (κ1) is 13.5. The van der Waals surface area contributed by atoms with Gasteiger partial charge in [0.1, 0.15) is 18.2 Å². The molecule has 19 heavy (non-hydrogen) atoms. The third kappa shape index (κ3) is 3.51. The molecule has 100 valence electrons. The third-order valence-corrected chi connectivity index (χ3v) is 2.79. The van der Waals surface area contributed by atoms with Crippen molar-refractivity contribution in [2.24, 2.45) is 5.73 Å². The molecule has 1 heterocycles. The van der Waals surface area contributed by atoms with Gasteiger partial charge in [-0.05, 0) is 31.7 Å². The highest BCUT2D eigenvalue weighted by atomic mass is 19.1. The first-order valence-corrected chi connectivity index (χ1v) is 6.23. The lowest BCUT2D eigenvalue weighted by atomic mass is 10.2. The molecule has 3 nitrogen and oxygen atoms in total. The van der Waals surface area contributed by atoms with E-state index in [4.69, 9.17) is 10.5 Å². The van der Waals surface area contributed by atoms with Gasteiger partial charge in [-0.25, -0.2) is 4.39 Å². The van der Waals surface area contributed by atoms with Gasteiger partial charge >= 0.3 is 0 Å². The maximum absolute atomic E-state index is 13.5. The minimum absolute atomic E-state index is 0.189. The van der Waals surface area contributed by atoms with E-state index in [-0.39, 0.29) is 12.4 Å². The molecule has 0 radical (unpaired) electrons. The number of halogens is 1. The Morgan fingerprint density at radius 1 is 1.21 bits per heavy atom. The molecule has 0 unspecified atom stereocenters. The lowest BCUT2D eigenvalue weighted by molar-refractivity contribution is 0.295. The molecule has 0 saturated carbocycles. The summed E-state index contributed by atoms with van der Waals surface area (Å²) >= 11 is 0. The lowest BCUT2D eigenvalue weighted by Crippen LogP contribution is -2.08. The largest absolute Gasteiger partial charge is 0.487 e. The normalized spacial score (nSPS) is 10.5. The summed E-state index contributed by atoms with van der Waals surface area (Å²) in [6.45, 7) is 2.61. The van der Waals surface area contributed by atoms with Crippen LogP contribution in [0, 0.1) is 12.7 Å². The second-order valence-corrected chi connectivity index (χ2v) is 4.32. The van der Waals surface area contributed by atoms with Crippen LogP contribution in [0.3, 0.4) is 0 Å². The number of aromatic nitrogens is 1. The summed E-state index contributed by atoms with van der Waals surface area (Å²) in [7, 11) is 0. The zero-order valence-corrected chi connectivity index (χ0v) is 10.9. The molecule has 0 aliphatic carbocycles. The fourth-order valence-electron chi connectivity index (χ4n) is 1.82. The minimum atomic E-state index is -0.261. The number of aryl methyl sites for hydroxylation is 1. The zero-order chi connectivity index (χ0) is 13.7. The molecule has 0 fully saturated rings. The van der Waals surface area contributed by atoms with Gasteiger partial charge in [-0.3, -0.25) is 4.98 Å². The highest BCUT2D eigenvalue weighted by Gasteiger charge is 2.07. The van der Waals surface area contributed by atoms with Crippen LogP contribution < -0.4 is 10.5 Å². The van der Waals surface area contributed by atoms with E-state index < -0.39 is 0 Å². The van der Waals surface area contributed by atoms with Crippen molar-refractivity contribution in [2.45, 2.75) is 20.0 Å². The monoisotopic (exact) mass is 260 g/mol. The number of benzene rings is 1. The Morgan fingerprint density at radius 3 is 2.74 bits per heavy atom. The summed E-state index contributed by atoms with van der Waals surface area (Å²) in [6.07, 6.45) is 0.647. The molecule has 1 aromatic heterocycles. The smallest absolute Gasteiger partial charge is 0.141 e. The molecule has 0 spiro atoms. The Balaban J connectivity index is 2.13. The maximum Gasteiger partial charge on any atom is 0.141 e. The summed E-state index contributed by atoms with van der Waals surface area (Å²) in [5, 5.41) is 0. The van der Waals surface area contributed by atoms with E-state index in [0.29, 0.717) is 24.3 Å². The summed E-state index contributed by atoms with van der Waals surface area (Å²) in [6, 6.07) is 10.3. The second-order valence-electron chi connectivity index (χ2n) is 4.32. The van der Waals surface area contributed by atoms with Gasteiger partial charge in [0.25, 0.3) is 0 Å². The number of rotatable bonds is 5. The molecular weight excluding hydrogens is 243 g/mol. The SMILES string of the molecule is Cc1ccc(OCc2ccccc2F)c(CCN)n1. The van der Waals surface area contributed by atoms with Crippen LogP contribution in [0.25, 0.3) is 0 Å². The predicted octanol–water partition coefficient (Wildman–Crippen LogP) is 2.61. The topological polar surface area (TPSA) is 48.1 Å². The Kier molecular flexibility index (Phi) is 4.47. The van der Waals surface area contributed by atoms with Crippen molar-refractivity contribution in [1.82, 2.24) is 4.98 Å². The zero-order valence-electron chi connectivity index (χ0n) is 10.9. The number of ether oxygens (including phenoxy) is 1. The quantitative estimate of drug-likeness (QED) is 0.899. The van der Waals surface area contributed by atoms with Gasteiger partial charge in [0.2, 0.25) is 0 Å². The van der Waals surface area contributed by atoms with Crippen molar-refractivity contribution in [3.8, 4) is 5.75 Å². The second kappa shape index (κ2) is 6.29. The molecule has 1 aromatic carbocycles. The molecule has 2 rings (SSSR count). The van der Waals surface area contributed by atoms with Crippen LogP contribution in [0.15, 0.2) is 36.4 Å². The first-order valence-electron chi connectivity index (χ1n) is 6.23. The third-order valence-electron chi connectivity index (χ3n) is 2.79. The number of nitrogens with zero attached hydrogens (tertiary/aromatic N) is 1. The molecule has 0 atom stereocenters. The molecule has 0 aliphatic rings. The van der Waals surface area contributed by atoms with Crippen LogP contribution in [-0.4, -0.2) is 11.5 Å². The van der Waals surface area contributed by atoms with E-state index in [1.54, 1.807) is 18.2 Å². The van der Waals surface area contributed by atoms with Crippen LogP contribution in [-0.2, 0) is 13.0 Å². The number of hydrogen-bond acceptors (Lipinski definition) is 3. The van der Waals surface area contributed by atoms with Gasteiger partial charge in [-0.1, -0.05) is 18.2 Å². The summed E-state index contributed by atoms with van der Waals surface area (Å²) in [5.74, 6) is 0.405. The Labute approximate surface area is 112 Å². The summed E-state index contributed by atoms with van der Waals surface area (Å²) in [4.78, 5) is 4.40. The number of pyridine rings is 1. The Morgan fingerprint density at radius 2 is 2.00 bits per heavy atom.